The maximum absolute atomic E-state index is 11.8. The lowest BCUT2D eigenvalue weighted by molar-refractivity contribution is 0.0505. The minimum atomic E-state index is -0.501. The van der Waals surface area contributed by atoms with Crippen LogP contribution in [0.3, 0.4) is 0 Å². The summed E-state index contributed by atoms with van der Waals surface area (Å²) < 4.78 is 5.28. The fourth-order valence-electron chi connectivity index (χ4n) is 2.17. The van der Waals surface area contributed by atoms with Gasteiger partial charge in [-0.1, -0.05) is 24.3 Å². The highest BCUT2D eigenvalue weighted by Gasteiger charge is 2.25. The Balaban J connectivity index is 2.04. The number of carbonyl (C=O) groups excluding carboxylic acids is 1. The molecule has 1 unspecified atom stereocenters. The van der Waals surface area contributed by atoms with Gasteiger partial charge in [-0.15, -0.1) is 0 Å². The van der Waals surface area contributed by atoms with Gasteiger partial charge in [-0.05, 0) is 50.7 Å². The highest BCUT2D eigenvalue weighted by molar-refractivity contribution is 5.68. The molecule has 1 aliphatic carbocycles. The van der Waals surface area contributed by atoms with Crippen LogP contribution in [0.1, 0.15) is 56.7 Å². The van der Waals surface area contributed by atoms with Crippen LogP contribution in [-0.2, 0) is 4.74 Å². The Bertz CT molecular complexity index is 476. The average molecular weight is 276 g/mol. The molecule has 1 atom stereocenters. The number of amides is 1. The van der Waals surface area contributed by atoms with E-state index in [1.165, 1.54) is 18.4 Å². The SMILES string of the molecule is CC(C)(C)OC(=O)NC(CN)c1cccc(C2CC2)c1. The Morgan fingerprint density at radius 1 is 1.45 bits per heavy atom. The smallest absolute Gasteiger partial charge is 0.408 e. The first-order valence-electron chi connectivity index (χ1n) is 7.18. The molecule has 0 bridgehead atoms. The van der Waals surface area contributed by atoms with E-state index in [0.29, 0.717) is 12.5 Å². The van der Waals surface area contributed by atoms with Crippen LogP contribution in [0.15, 0.2) is 24.3 Å². The van der Waals surface area contributed by atoms with E-state index in [0.717, 1.165) is 5.56 Å². The van der Waals surface area contributed by atoms with E-state index in [1.54, 1.807) is 0 Å². The van der Waals surface area contributed by atoms with Crippen LogP contribution in [0.2, 0.25) is 0 Å². The predicted octanol–water partition coefficient (Wildman–Crippen LogP) is 3.09. The van der Waals surface area contributed by atoms with Gasteiger partial charge in [-0.3, -0.25) is 0 Å². The molecule has 0 saturated heterocycles. The zero-order chi connectivity index (χ0) is 14.8. The van der Waals surface area contributed by atoms with Crippen molar-refractivity contribution in [3.63, 3.8) is 0 Å². The molecule has 110 valence electrons. The van der Waals surface area contributed by atoms with Crippen LogP contribution >= 0.6 is 0 Å². The Kier molecular flexibility index (Phi) is 4.33. The van der Waals surface area contributed by atoms with Crippen molar-refractivity contribution < 1.29 is 9.53 Å². The molecule has 1 amide bonds. The normalized spacial score (nSPS) is 16.6. The maximum atomic E-state index is 11.8. The Morgan fingerprint density at radius 3 is 2.70 bits per heavy atom. The van der Waals surface area contributed by atoms with Gasteiger partial charge in [0.1, 0.15) is 5.60 Å². The third kappa shape index (κ3) is 4.23. The average Bonchev–Trinajstić information content (AvgIpc) is 3.18. The number of alkyl carbamates (subject to hydrolysis) is 1. The van der Waals surface area contributed by atoms with Crippen molar-refractivity contribution in [1.29, 1.82) is 0 Å². The Hall–Kier alpha value is -1.55. The van der Waals surface area contributed by atoms with Gasteiger partial charge in [0.25, 0.3) is 0 Å². The lowest BCUT2D eigenvalue weighted by Gasteiger charge is -2.23. The molecule has 0 radical (unpaired) electrons. The summed E-state index contributed by atoms with van der Waals surface area (Å²) in [6, 6.07) is 8.11. The summed E-state index contributed by atoms with van der Waals surface area (Å²) in [5.74, 6) is 0.690. The fourth-order valence-corrected chi connectivity index (χ4v) is 2.17. The molecular formula is C16H24N2O2. The van der Waals surface area contributed by atoms with Gasteiger partial charge >= 0.3 is 6.09 Å². The lowest BCUT2D eigenvalue weighted by Crippen LogP contribution is -2.37. The molecule has 0 heterocycles. The molecule has 4 nitrogen and oxygen atoms in total. The number of hydrogen-bond acceptors (Lipinski definition) is 3. The van der Waals surface area contributed by atoms with Gasteiger partial charge in [-0.25, -0.2) is 4.79 Å². The highest BCUT2D eigenvalue weighted by Crippen LogP contribution is 2.40. The lowest BCUT2D eigenvalue weighted by atomic mass is 10.0. The van der Waals surface area contributed by atoms with E-state index in [1.807, 2.05) is 32.9 Å². The van der Waals surface area contributed by atoms with Crippen LogP contribution in [0.5, 0.6) is 0 Å². The fraction of sp³-hybridized carbons (Fsp3) is 0.562. The second-order valence-electron chi connectivity index (χ2n) is 6.38. The first kappa shape index (κ1) is 14.9. The minimum absolute atomic E-state index is 0.205. The molecule has 1 aromatic rings. The quantitative estimate of drug-likeness (QED) is 0.888. The molecule has 0 spiro atoms. The number of ether oxygens (including phenoxy) is 1. The number of hydrogen-bond donors (Lipinski definition) is 2. The molecule has 4 heteroatoms. The molecule has 3 N–H and O–H groups in total. The van der Waals surface area contributed by atoms with Crippen molar-refractivity contribution in [3.05, 3.63) is 35.4 Å². The number of carbonyl (C=O) groups is 1. The zero-order valence-corrected chi connectivity index (χ0v) is 12.5. The molecule has 20 heavy (non-hydrogen) atoms. The van der Waals surface area contributed by atoms with E-state index >= 15 is 0 Å². The number of benzene rings is 1. The molecule has 2 rings (SSSR count). The van der Waals surface area contributed by atoms with Crippen molar-refractivity contribution in [2.24, 2.45) is 5.73 Å². The second kappa shape index (κ2) is 5.83. The largest absolute Gasteiger partial charge is 0.444 e. The van der Waals surface area contributed by atoms with Gasteiger partial charge in [0, 0.05) is 6.54 Å². The maximum Gasteiger partial charge on any atom is 0.408 e. The summed E-state index contributed by atoms with van der Waals surface area (Å²) in [5, 5.41) is 2.84. The molecule has 1 aliphatic rings. The minimum Gasteiger partial charge on any atom is -0.444 e. The van der Waals surface area contributed by atoms with Gasteiger partial charge in [0.05, 0.1) is 6.04 Å². The van der Waals surface area contributed by atoms with E-state index in [-0.39, 0.29) is 6.04 Å². The van der Waals surface area contributed by atoms with E-state index in [2.05, 4.69) is 17.4 Å². The number of rotatable bonds is 4. The van der Waals surface area contributed by atoms with Crippen molar-refractivity contribution >= 4 is 6.09 Å². The second-order valence-corrected chi connectivity index (χ2v) is 6.38. The molecule has 0 aromatic heterocycles. The van der Waals surface area contributed by atoms with Crippen LogP contribution < -0.4 is 11.1 Å². The first-order chi connectivity index (χ1) is 9.39. The molecular weight excluding hydrogens is 252 g/mol. The first-order valence-corrected chi connectivity index (χ1v) is 7.18. The van der Waals surface area contributed by atoms with Crippen LogP contribution in [0, 0.1) is 0 Å². The highest BCUT2D eigenvalue weighted by atomic mass is 16.6. The van der Waals surface area contributed by atoms with Crippen molar-refractivity contribution in [1.82, 2.24) is 5.32 Å². The van der Waals surface area contributed by atoms with Crippen LogP contribution in [-0.4, -0.2) is 18.2 Å². The third-order valence-electron chi connectivity index (χ3n) is 3.29. The van der Waals surface area contributed by atoms with Gasteiger partial charge in [0.2, 0.25) is 0 Å². The molecule has 1 saturated carbocycles. The van der Waals surface area contributed by atoms with E-state index in [4.69, 9.17) is 10.5 Å². The molecule has 1 fully saturated rings. The van der Waals surface area contributed by atoms with Crippen LogP contribution in [0.25, 0.3) is 0 Å². The van der Waals surface area contributed by atoms with Crippen LogP contribution in [0.4, 0.5) is 4.79 Å². The topological polar surface area (TPSA) is 64.3 Å². The Labute approximate surface area is 120 Å². The van der Waals surface area contributed by atoms with Gasteiger partial charge < -0.3 is 15.8 Å². The standard InChI is InChI=1S/C16H24N2O2/c1-16(2,3)20-15(19)18-14(10-17)13-6-4-5-12(9-13)11-7-8-11/h4-6,9,11,14H,7-8,10,17H2,1-3H3,(H,18,19). The van der Waals surface area contributed by atoms with Crippen molar-refractivity contribution in [3.8, 4) is 0 Å². The third-order valence-corrected chi connectivity index (χ3v) is 3.29. The van der Waals surface area contributed by atoms with E-state index in [9.17, 15) is 4.79 Å². The summed E-state index contributed by atoms with van der Waals surface area (Å²) >= 11 is 0. The van der Waals surface area contributed by atoms with Crippen molar-refractivity contribution in [2.75, 3.05) is 6.54 Å². The summed E-state index contributed by atoms with van der Waals surface area (Å²) in [7, 11) is 0. The summed E-state index contributed by atoms with van der Waals surface area (Å²) in [4.78, 5) is 11.8. The monoisotopic (exact) mass is 276 g/mol. The molecule has 1 aromatic carbocycles. The van der Waals surface area contributed by atoms with Gasteiger partial charge in [-0.2, -0.15) is 0 Å². The van der Waals surface area contributed by atoms with Gasteiger partial charge in [0.15, 0.2) is 0 Å². The summed E-state index contributed by atoms with van der Waals surface area (Å²) in [6.45, 7) is 5.89. The van der Waals surface area contributed by atoms with Crippen molar-refractivity contribution in [2.45, 2.75) is 51.2 Å². The Morgan fingerprint density at radius 2 is 2.15 bits per heavy atom. The predicted molar refractivity (Wildman–Crippen MR) is 79.6 cm³/mol. The zero-order valence-electron chi connectivity index (χ0n) is 12.5. The summed E-state index contributed by atoms with van der Waals surface area (Å²) in [5.41, 5.74) is 7.67. The number of nitrogens with one attached hydrogen (secondary N) is 1. The van der Waals surface area contributed by atoms with E-state index < -0.39 is 11.7 Å². The molecule has 0 aliphatic heterocycles. The summed E-state index contributed by atoms with van der Waals surface area (Å²) in [6.07, 6.45) is 2.09. The number of nitrogens with two attached hydrogens (primary N) is 1.